The van der Waals surface area contributed by atoms with Crippen molar-refractivity contribution in [2.45, 2.75) is 12.8 Å². The maximum Gasteiger partial charge on any atom is 0.291 e. The normalized spacial score (nSPS) is 13.3. The highest BCUT2D eigenvalue weighted by Crippen LogP contribution is 2.26. The fourth-order valence-electron chi connectivity index (χ4n) is 3.74. The molecule has 0 bridgehead atoms. The highest BCUT2D eigenvalue weighted by atomic mass is 16.5. The predicted octanol–water partition coefficient (Wildman–Crippen LogP) is 2.65. The van der Waals surface area contributed by atoms with E-state index in [-0.39, 0.29) is 36.4 Å². The fraction of sp³-hybridized carbons (Fsp3) is 0.250. The minimum absolute atomic E-state index is 0.0941. The summed E-state index contributed by atoms with van der Waals surface area (Å²) in [6.45, 7) is 1.06. The van der Waals surface area contributed by atoms with Gasteiger partial charge in [-0.15, -0.1) is 0 Å². The lowest BCUT2D eigenvalue weighted by atomic mass is 10.1. The topological polar surface area (TPSA) is 91.8 Å². The smallest absolute Gasteiger partial charge is 0.291 e. The lowest BCUT2D eigenvalue weighted by Gasteiger charge is -2.28. The predicted molar refractivity (Wildman–Crippen MR) is 119 cm³/mol. The summed E-state index contributed by atoms with van der Waals surface area (Å²) in [6, 6.07) is 17.8. The van der Waals surface area contributed by atoms with Crippen LogP contribution in [0, 0.1) is 0 Å². The van der Waals surface area contributed by atoms with Gasteiger partial charge in [0, 0.05) is 43.1 Å². The molecule has 3 aromatic rings. The Bertz CT molecular complexity index is 1150. The van der Waals surface area contributed by atoms with Crippen molar-refractivity contribution in [3.05, 3.63) is 71.9 Å². The number of hydrogen-bond acceptors (Lipinski definition) is 5. The van der Waals surface area contributed by atoms with E-state index in [2.05, 4.69) is 10.3 Å². The summed E-state index contributed by atoms with van der Waals surface area (Å²) in [4.78, 5) is 42.6. The molecule has 3 amide bonds. The van der Waals surface area contributed by atoms with Crippen LogP contribution in [-0.4, -0.2) is 59.5 Å². The Kier molecular flexibility index (Phi) is 6.30. The van der Waals surface area contributed by atoms with Crippen LogP contribution in [-0.2, 0) is 4.79 Å². The van der Waals surface area contributed by atoms with Crippen molar-refractivity contribution in [3.63, 3.8) is 0 Å². The fourth-order valence-corrected chi connectivity index (χ4v) is 3.74. The van der Waals surface area contributed by atoms with E-state index in [1.807, 2.05) is 30.3 Å². The molecule has 8 heteroatoms. The highest BCUT2D eigenvalue weighted by molar-refractivity contribution is 5.98. The molecule has 1 aliphatic rings. The number of pyridine rings is 1. The molecule has 32 heavy (non-hydrogen) atoms. The third-order valence-electron chi connectivity index (χ3n) is 5.33. The largest absolute Gasteiger partial charge is 0.496 e. The number of amides is 3. The molecule has 2 heterocycles. The van der Waals surface area contributed by atoms with E-state index in [9.17, 15) is 14.4 Å². The number of hydrazine groups is 1. The van der Waals surface area contributed by atoms with Crippen molar-refractivity contribution < 1.29 is 19.1 Å². The first-order valence-corrected chi connectivity index (χ1v) is 10.5. The lowest BCUT2D eigenvalue weighted by molar-refractivity contribution is -0.140. The Balaban J connectivity index is 1.43. The minimum Gasteiger partial charge on any atom is -0.496 e. The molecule has 1 aliphatic heterocycles. The van der Waals surface area contributed by atoms with E-state index in [0.29, 0.717) is 36.3 Å². The molecule has 1 fully saturated rings. The molecule has 0 spiro atoms. The first-order valence-electron chi connectivity index (χ1n) is 10.5. The van der Waals surface area contributed by atoms with Crippen molar-refractivity contribution in [3.8, 4) is 5.75 Å². The van der Waals surface area contributed by atoms with E-state index >= 15 is 0 Å². The Labute approximate surface area is 185 Å². The third kappa shape index (κ3) is 4.39. The Hall–Kier alpha value is -3.94. The first-order chi connectivity index (χ1) is 15.6. The number of carbonyl (C=O) groups is 3. The summed E-state index contributed by atoms with van der Waals surface area (Å²) in [5.41, 5.74) is 1.41. The second-order valence-electron chi connectivity index (χ2n) is 7.40. The second-order valence-corrected chi connectivity index (χ2v) is 7.40. The SMILES string of the molecule is COc1cc(C(=O)N2CCCN2C(=O)CCNC(=O)c2ccccc2)nc2ccccc12. The molecule has 1 N–H and O–H groups in total. The molecule has 0 radical (unpaired) electrons. The van der Waals surface area contributed by atoms with E-state index in [1.54, 1.807) is 37.4 Å². The summed E-state index contributed by atoms with van der Waals surface area (Å²) in [5.74, 6) is -0.259. The zero-order chi connectivity index (χ0) is 22.5. The van der Waals surface area contributed by atoms with Gasteiger partial charge in [0.1, 0.15) is 11.4 Å². The number of fused-ring (bicyclic) bond motifs is 1. The van der Waals surface area contributed by atoms with Crippen LogP contribution in [0.5, 0.6) is 5.75 Å². The van der Waals surface area contributed by atoms with Gasteiger partial charge in [-0.3, -0.25) is 19.4 Å². The summed E-state index contributed by atoms with van der Waals surface area (Å²) >= 11 is 0. The van der Waals surface area contributed by atoms with Crippen LogP contribution in [0.15, 0.2) is 60.7 Å². The second kappa shape index (κ2) is 9.47. The number of nitrogens with zero attached hydrogens (tertiary/aromatic N) is 3. The highest BCUT2D eigenvalue weighted by Gasteiger charge is 2.32. The third-order valence-corrected chi connectivity index (χ3v) is 5.33. The monoisotopic (exact) mass is 432 g/mol. The number of aromatic nitrogens is 1. The van der Waals surface area contributed by atoms with Gasteiger partial charge >= 0.3 is 0 Å². The van der Waals surface area contributed by atoms with Gasteiger partial charge in [0.05, 0.1) is 12.6 Å². The molecule has 0 aliphatic carbocycles. The standard InChI is InChI=1S/C24H24N4O4/c1-32-21-16-20(26-19-11-6-5-10-18(19)21)24(31)28-15-7-14-27(28)22(29)12-13-25-23(30)17-8-3-2-4-9-17/h2-6,8-11,16H,7,12-15H2,1H3,(H,25,30). The number of hydrogen-bond donors (Lipinski definition) is 1. The molecular formula is C24H24N4O4. The maximum absolute atomic E-state index is 13.2. The van der Waals surface area contributed by atoms with Gasteiger partial charge in [-0.25, -0.2) is 9.99 Å². The maximum atomic E-state index is 13.2. The average molecular weight is 432 g/mol. The summed E-state index contributed by atoms with van der Waals surface area (Å²) in [5, 5.41) is 6.43. The Morgan fingerprint density at radius 3 is 2.50 bits per heavy atom. The number of methoxy groups -OCH3 is 1. The number of carbonyl (C=O) groups excluding carboxylic acids is 3. The Morgan fingerprint density at radius 1 is 1.00 bits per heavy atom. The van der Waals surface area contributed by atoms with E-state index in [0.717, 1.165) is 5.39 Å². The molecular weight excluding hydrogens is 408 g/mol. The number of ether oxygens (including phenoxy) is 1. The molecule has 4 rings (SSSR count). The van der Waals surface area contributed by atoms with Crippen molar-refractivity contribution >= 4 is 28.6 Å². The van der Waals surface area contributed by atoms with Crippen molar-refractivity contribution in [2.75, 3.05) is 26.7 Å². The Morgan fingerprint density at radius 2 is 1.72 bits per heavy atom. The summed E-state index contributed by atoms with van der Waals surface area (Å²) in [6.07, 6.45) is 0.773. The van der Waals surface area contributed by atoms with Gasteiger partial charge in [0.25, 0.3) is 11.8 Å². The molecule has 0 atom stereocenters. The molecule has 8 nitrogen and oxygen atoms in total. The number of nitrogens with one attached hydrogen (secondary N) is 1. The average Bonchev–Trinajstić information content (AvgIpc) is 3.33. The van der Waals surface area contributed by atoms with Crippen molar-refractivity contribution in [1.29, 1.82) is 0 Å². The lowest BCUT2D eigenvalue weighted by Crippen LogP contribution is -2.46. The minimum atomic E-state index is -0.353. The van der Waals surface area contributed by atoms with Crippen LogP contribution < -0.4 is 10.1 Å². The van der Waals surface area contributed by atoms with Crippen LogP contribution in [0.3, 0.4) is 0 Å². The van der Waals surface area contributed by atoms with Crippen molar-refractivity contribution in [2.24, 2.45) is 0 Å². The van der Waals surface area contributed by atoms with Crippen LogP contribution in [0.4, 0.5) is 0 Å². The van der Waals surface area contributed by atoms with E-state index in [4.69, 9.17) is 4.74 Å². The van der Waals surface area contributed by atoms with Crippen LogP contribution in [0.2, 0.25) is 0 Å². The van der Waals surface area contributed by atoms with Gasteiger partial charge in [0.2, 0.25) is 5.91 Å². The molecule has 1 aromatic heterocycles. The first kappa shape index (κ1) is 21.3. The van der Waals surface area contributed by atoms with Gasteiger partial charge in [-0.1, -0.05) is 30.3 Å². The quantitative estimate of drug-likeness (QED) is 0.647. The number of para-hydroxylation sites is 1. The van der Waals surface area contributed by atoms with Crippen molar-refractivity contribution in [1.82, 2.24) is 20.3 Å². The molecule has 1 saturated heterocycles. The van der Waals surface area contributed by atoms with Crippen LogP contribution in [0.25, 0.3) is 10.9 Å². The van der Waals surface area contributed by atoms with E-state index in [1.165, 1.54) is 10.0 Å². The van der Waals surface area contributed by atoms with Gasteiger partial charge < -0.3 is 10.1 Å². The van der Waals surface area contributed by atoms with E-state index < -0.39 is 0 Å². The molecule has 2 aromatic carbocycles. The number of benzene rings is 2. The molecule has 164 valence electrons. The zero-order valence-corrected chi connectivity index (χ0v) is 17.8. The summed E-state index contributed by atoms with van der Waals surface area (Å²) < 4.78 is 5.44. The van der Waals surface area contributed by atoms with Gasteiger partial charge in [-0.2, -0.15) is 0 Å². The van der Waals surface area contributed by atoms with Crippen LogP contribution >= 0.6 is 0 Å². The van der Waals surface area contributed by atoms with Gasteiger partial charge in [0.15, 0.2) is 0 Å². The number of rotatable bonds is 6. The zero-order valence-electron chi connectivity index (χ0n) is 17.8. The summed E-state index contributed by atoms with van der Waals surface area (Å²) in [7, 11) is 1.55. The molecule has 0 saturated carbocycles. The molecule has 0 unspecified atom stereocenters. The van der Waals surface area contributed by atoms with Crippen LogP contribution in [0.1, 0.15) is 33.7 Å². The van der Waals surface area contributed by atoms with Gasteiger partial charge in [-0.05, 0) is 30.7 Å².